The van der Waals surface area contributed by atoms with Gasteiger partial charge in [0, 0.05) is 12.1 Å². The fourth-order valence-corrected chi connectivity index (χ4v) is 1.68. The summed E-state index contributed by atoms with van der Waals surface area (Å²) in [5.74, 6) is 0. The fraction of sp³-hybridized carbons (Fsp3) is 0.333. The third-order valence-electron chi connectivity index (χ3n) is 1.27. The summed E-state index contributed by atoms with van der Waals surface area (Å²) in [4.78, 5) is 7.95. The first kappa shape index (κ1) is 10.1. The van der Waals surface area contributed by atoms with Crippen molar-refractivity contribution in [2.45, 2.75) is 11.7 Å². The highest BCUT2D eigenvalue weighted by atomic mass is 35.5. The minimum atomic E-state index is 0.256. The molecule has 0 saturated carbocycles. The van der Waals surface area contributed by atoms with Crippen molar-refractivity contribution in [3.05, 3.63) is 15.9 Å². The molecule has 0 radical (unpaired) electrons. The maximum atomic E-state index is 5.78. The van der Waals surface area contributed by atoms with Crippen LogP contribution in [0.5, 0.6) is 0 Å². The van der Waals surface area contributed by atoms with Crippen LogP contribution in [0, 0.1) is 0 Å². The van der Waals surface area contributed by atoms with Gasteiger partial charge in [-0.1, -0.05) is 35.0 Å². The Bertz CT molecular complexity index is 269. The second kappa shape index (κ2) is 4.28. The number of hydrogen-bond donors (Lipinski definition) is 1. The lowest BCUT2D eigenvalue weighted by molar-refractivity contribution is 0.917. The first-order chi connectivity index (χ1) is 5.69. The van der Waals surface area contributed by atoms with Crippen molar-refractivity contribution in [3.8, 4) is 0 Å². The van der Waals surface area contributed by atoms with Crippen molar-refractivity contribution in [3.63, 3.8) is 0 Å². The number of hydrogen-bond acceptors (Lipinski definition) is 4. The summed E-state index contributed by atoms with van der Waals surface area (Å²) >= 11 is 13.0. The summed E-state index contributed by atoms with van der Waals surface area (Å²) in [6.45, 7) is 0.256. The first-order valence-corrected chi connectivity index (χ1v) is 5.13. The summed E-state index contributed by atoms with van der Waals surface area (Å²) in [6.07, 6.45) is 1.85. The molecule has 0 fully saturated rings. The van der Waals surface area contributed by atoms with E-state index in [1.165, 1.54) is 11.8 Å². The van der Waals surface area contributed by atoms with Gasteiger partial charge >= 0.3 is 0 Å². The normalized spacial score (nSPS) is 10.3. The van der Waals surface area contributed by atoms with Crippen LogP contribution < -0.4 is 5.73 Å². The molecule has 1 heterocycles. The zero-order valence-corrected chi connectivity index (χ0v) is 8.67. The highest BCUT2D eigenvalue weighted by Gasteiger charge is 2.08. The summed E-state index contributed by atoms with van der Waals surface area (Å²) < 4.78 is 0. The lowest BCUT2D eigenvalue weighted by Gasteiger charge is -2.03. The van der Waals surface area contributed by atoms with Crippen molar-refractivity contribution in [1.29, 1.82) is 0 Å². The Morgan fingerprint density at radius 3 is 2.17 bits per heavy atom. The molecule has 0 aliphatic rings. The molecule has 0 atom stereocenters. The van der Waals surface area contributed by atoms with E-state index in [9.17, 15) is 0 Å². The molecule has 12 heavy (non-hydrogen) atoms. The van der Waals surface area contributed by atoms with Crippen molar-refractivity contribution in [2.24, 2.45) is 5.73 Å². The number of halogens is 2. The van der Waals surface area contributed by atoms with Crippen molar-refractivity contribution < 1.29 is 0 Å². The molecule has 6 heteroatoms. The van der Waals surface area contributed by atoms with Crippen LogP contribution in [0.25, 0.3) is 0 Å². The van der Waals surface area contributed by atoms with E-state index in [-0.39, 0.29) is 6.54 Å². The largest absolute Gasteiger partial charge is 0.326 e. The lowest BCUT2D eigenvalue weighted by atomic mass is 10.3. The number of thioether (sulfide) groups is 1. The van der Waals surface area contributed by atoms with E-state index in [0.717, 1.165) is 0 Å². The number of aromatic nitrogens is 2. The highest BCUT2D eigenvalue weighted by Crippen LogP contribution is 2.23. The van der Waals surface area contributed by atoms with Gasteiger partial charge < -0.3 is 5.73 Å². The lowest BCUT2D eigenvalue weighted by Crippen LogP contribution is -2.02. The van der Waals surface area contributed by atoms with E-state index in [0.29, 0.717) is 21.0 Å². The molecule has 1 rings (SSSR count). The van der Waals surface area contributed by atoms with E-state index >= 15 is 0 Å². The van der Waals surface area contributed by atoms with Crippen LogP contribution in [0.2, 0.25) is 10.3 Å². The first-order valence-electron chi connectivity index (χ1n) is 3.15. The predicted molar refractivity (Wildman–Crippen MR) is 51.7 cm³/mol. The van der Waals surface area contributed by atoms with Crippen LogP contribution in [0.4, 0.5) is 0 Å². The van der Waals surface area contributed by atoms with E-state index in [1.807, 2.05) is 6.26 Å². The van der Waals surface area contributed by atoms with E-state index < -0.39 is 0 Å². The highest BCUT2D eigenvalue weighted by molar-refractivity contribution is 7.98. The Balaban J connectivity index is 3.18. The summed E-state index contributed by atoms with van der Waals surface area (Å²) in [5.41, 5.74) is 5.98. The molecular formula is C6H7Cl2N3S. The fourth-order valence-electron chi connectivity index (χ4n) is 0.673. The van der Waals surface area contributed by atoms with Crippen molar-refractivity contribution >= 4 is 35.0 Å². The van der Waals surface area contributed by atoms with Crippen LogP contribution in [-0.2, 0) is 6.54 Å². The van der Waals surface area contributed by atoms with Crippen LogP contribution >= 0.6 is 35.0 Å². The maximum Gasteiger partial charge on any atom is 0.190 e. The second-order valence-corrected chi connectivity index (χ2v) is 3.46. The Morgan fingerprint density at radius 1 is 1.33 bits per heavy atom. The molecule has 0 bridgehead atoms. The van der Waals surface area contributed by atoms with Gasteiger partial charge in [0.2, 0.25) is 0 Å². The van der Waals surface area contributed by atoms with E-state index in [1.54, 1.807) is 0 Å². The average Bonchev–Trinajstić information content (AvgIpc) is 2.03. The van der Waals surface area contributed by atoms with Gasteiger partial charge in [-0.2, -0.15) is 0 Å². The number of rotatable bonds is 2. The third kappa shape index (κ3) is 2.01. The van der Waals surface area contributed by atoms with Crippen molar-refractivity contribution in [1.82, 2.24) is 9.97 Å². The zero-order valence-electron chi connectivity index (χ0n) is 6.34. The molecule has 0 aliphatic carbocycles. The minimum absolute atomic E-state index is 0.256. The molecule has 0 amide bonds. The molecule has 0 aliphatic heterocycles. The van der Waals surface area contributed by atoms with Gasteiger partial charge in [0.05, 0.1) is 0 Å². The molecule has 2 N–H and O–H groups in total. The summed E-state index contributed by atoms with van der Waals surface area (Å²) in [6, 6.07) is 0. The zero-order chi connectivity index (χ0) is 9.14. The standard InChI is InChI=1S/C6H7Cl2N3S/c1-12-6-10-4(7)3(2-9)5(8)11-6/h2,9H2,1H3. The molecular weight excluding hydrogens is 217 g/mol. The molecule has 1 aromatic heterocycles. The Morgan fingerprint density at radius 2 is 1.83 bits per heavy atom. The van der Waals surface area contributed by atoms with Gasteiger partial charge in [-0.05, 0) is 6.26 Å². The smallest absolute Gasteiger partial charge is 0.190 e. The predicted octanol–water partition coefficient (Wildman–Crippen LogP) is 1.96. The SMILES string of the molecule is CSc1nc(Cl)c(CN)c(Cl)n1. The molecule has 0 aromatic carbocycles. The quantitative estimate of drug-likeness (QED) is 0.474. The summed E-state index contributed by atoms with van der Waals surface area (Å²) in [7, 11) is 0. The van der Waals surface area contributed by atoms with Crippen LogP contribution in [0.1, 0.15) is 5.56 Å². The van der Waals surface area contributed by atoms with Gasteiger partial charge in [0.1, 0.15) is 10.3 Å². The van der Waals surface area contributed by atoms with E-state index in [2.05, 4.69) is 9.97 Å². The average molecular weight is 224 g/mol. The van der Waals surface area contributed by atoms with Crippen LogP contribution in [0.3, 0.4) is 0 Å². The van der Waals surface area contributed by atoms with Gasteiger partial charge in [-0.3, -0.25) is 0 Å². The third-order valence-corrected chi connectivity index (χ3v) is 2.45. The topological polar surface area (TPSA) is 51.8 Å². The Hall–Kier alpha value is -0.0300. The Kier molecular flexibility index (Phi) is 3.58. The second-order valence-electron chi connectivity index (χ2n) is 1.97. The molecule has 1 aromatic rings. The van der Waals surface area contributed by atoms with Gasteiger partial charge in [0.15, 0.2) is 5.16 Å². The molecule has 0 spiro atoms. The maximum absolute atomic E-state index is 5.78. The number of nitrogens with zero attached hydrogens (tertiary/aromatic N) is 2. The van der Waals surface area contributed by atoms with Gasteiger partial charge in [0.25, 0.3) is 0 Å². The molecule has 66 valence electrons. The van der Waals surface area contributed by atoms with Gasteiger partial charge in [-0.15, -0.1) is 0 Å². The van der Waals surface area contributed by atoms with Gasteiger partial charge in [-0.25, -0.2) is 9.97 Å². The molecule has 0 saturated heterocycles. The monoisotopic (exact) mass is 223 g/mol. The summed E-state index contributed by atoms with van der Waals surface area (Å²) in [5, 5.41) is 1.23. The van der Waals surface area contributed by atoms with Crippen LogP contribution in [-0.4, -0.2) is 16.2 Å². The molecule has 0 unspecified atom stereocenters. The Labute approximate surface area is 84.7 Å². The molecule has 3 nitrogen and oxygen atoms in total. The van der Waals surface area contributed by atoms with E-state index in [4.69, 9.17) is 28.9 Å². The van der Waals surface area contributed by atoms with Crippen LogP contribution in [0.15, 0.2) is 5.16 Å². The minimum Gasteiger partial charge on any atom is -0.326 e. The van der Waals surface area contributed by atoms with Crippen molar-refractivity contribution in [2.75, 3.05) is 6.26 Å². The number of nitrogens with two attached hydrogens (primary N) is 1.